The summed E-state index contributed by atoms with van der Waals surface area (Å²) in [4.78, 5) is 23.9. The van der Waals surface area contributed by atoms with Crippen molar-refractivity contribution in [2.24, 2.45) is 23.7 Å². The number of carbonyl (C=O) groups is 2. The Morgan fingerprint density at radius 1 is 1.09 bits per heavy atom. The topological polar surface area (TPSA) is 87.7 Å². The number of fused-ring (bicyclic) bond motifs is 3. The Balaban J connectivity index is 1.53. The summed E-state index contributed by atoms with van der Waals surface area (Å²) in [5.74, 6) is -1.02. The third-order valence-electron chi connectivity index (χ3n) is 5.13. The molecule has 3 aliphatic rings. The number of ether oxygens (including phenoxy) is 2. The molecule has 22 heavy (non-hydrogen) atoms. The highest BCUT2D eigenvalue weighted by atomic mass is 16.7. The summed E-state index contributed by atoms with van der Waals surface area (Å²) in [5, 5.41) is 14.2. The largest absolute Gasteiger partial charge is 0.550 e. The van der Waals surface area contributed by atoms with Crippen LogP contribution in [0.2, 0.25) is 0 Å². The zero-order valence-corrected chi connectivity index (χ0v) is 11.9. The molecule has 2 aliphatic carbocycles. The van der Waals surface area contributed by atoms with E-state index in [1.54, 1.807) is 18.2 Å². The summed E-state index contributed by atoms with van der Waals surface area (Å²) in [6.07, 6.45) is 2.63. The van der Waals surface area contributed by atoms with Crippen molar-refractivity contribution < 1.29 is 24.2 Å². The summed E-state index contributed by atoms with van der Waals surface area (Å²) < 4.78 is 10.5. The molecule has 0 radical (unpaired) electrons. The molecule has 2 bridgehead atoms. The van der Waals surface area contributed by atoms with Crippen LogP contribution in [0.25, 0.3) is 0 Å². The first-order valence-electron chi connectivity index (χ1n) is 7.55. The maximum atomic E-state index is 12.5. The van der Waals surface area contributed by atoms with E-state index in [4.69, 9.17) is 9.47 Å². The lowest BCUT2D eigenvalue weighted by molar-refractivity contribution is -0.314. The van der Waals surface area contributed by atoms with Gasteiger partial charge in [0.15, 0.2) is 11.5 Å². The van der Waals surface area contributed by atoms with Crippen LogP contribution in [0.1, 0.15) is 19.3 Å². The quantitative estimate of drug-likeness (QED) is 0.891. The molecule has 2 fully saturated rings. The second kappa shape index (κ2) is 4.90. The molecule has 6 heteroatoms. The van der Waals surface area contributed by atoms with Crippen molar-refractivity contribution in [1.29, 1.82) is 0 Å². The van der Waals surface area contributed by atoms with E-state index in [9.17, 15) is 14.7 Å². The third kappa shape index (κ3) is 2.01. The molecule has 0 unspecified atom stereocenters. The van der Waals surface area contributed by atoms with Crippen molar-refractivity contribution in [3.63, 3.8) is 0 Å². The zero-order valence-electron chi connectivity index (χ0n) is 11.9. The number of carboxylic acid groups (broad SMARTS) is 1. The second-order valence-corrected chi connectivity index (χ2v) is 6.26. The van der Waals surface area contributed by atoms with Crippen LogP contribution in [0.3, 0.4) is 0 Å². The lowest BCUT2D eigenvalue weighted by Gasteiger charge is -2.30. The van der Waals surface area contributed by atoms with Gasteiger partial charge in [-0.3, -0.25) is 4.79 Å². The SMILES string of the molecule is O=C(Nc1ccc2c(c1)OCO2)[C@@H]1[C@@H]2CC[C@@H](C2)[C@@H]1C(=O)[O-]. The van der Waals surface area contributed by atoms with E-state index in [1.165, 1.54) is 0 Å². The van der Waals surface area contributed by atoms with Gasteiger partial charge < -0.3 is 24.7 Å². The molecule has 1 heterocycles. The fourth-order valence-electron chi connectivity index (χ4n) is 4.21. The fraction of sp³-hybridized carbons (Fsp3) is 0.500. The Hall–Kier alpha value is -2.24. The summed E-state index contributed by atoms with van der Waals surface area (Å²) in [6.45, 7) is 0.172. The summed E-state index contributed by atoms with van der Waals surface area (Å²) >= 11 is 0. The van der Waals surface area contributed by atoms with E-state index in [0.717, 1.165) is 19.3 Å². The highest BCUT2D eigenvalue weighted by Crippen LogP contribution is 2.52. The highest BCUT2D eigenvalue weighted by Gasteiger charge is 2.51. The molecule has 6 nitrogen and oxygen atoms in total. The van der Waals surface area contributed by atoms with Gasteiger partial charge in [-0.1, -0.05) is 0 Å². The van der Waals surface area contributed by atoms with Crippen LogP contribution in [0.15, 0.2) is 18.2 Å². The van der Waals surface area contributed by atoms with Crippen molar-refractivity contribution in [3.8, 4) is 11.5 Å². The maximum Gasteiger partial charge on any atom is 0.231 e. The Morgan fingerprint density at radius 2 is 1.82 bits per heavy atom. The minimum atomic E-state index is -1.10. The van der Waals surface area contributed by atoms with E-state index in [0.29, 0.717) is 17.2 Å². The molecule has 0 aromatic heterocycles. The van der Waals surface area contributed by atoms with Gasteiger partial charge >= 0.3 is 0 Å². The highest BCUT2D eigenvalue weighted by molar-refractivity contribution is 5.96. The van der Waals surface area contributed by atoms with Gasteiger partial charge in [0.2, 0.25) is 12.7 Å². The Kier molecular flexibility index (Phi) is 2.99. The van der Waals surface area contributed by atoms with Crippen molar-refractivity contribution in [3.05, 3.63) is 18.2 Å². The number of rotatable bonds is 3. The molecular weight excluding hydrogens is 286 g/mol. The summed E-state index contributed by atoms with van der Waals surface area (Å²) in [6, 6.07) is 5.16. The van der Waals surface area contributed by atoms with Gasteiger partial charge in [0.1, 0.15) is 0 Å². The minimum Gasteiger partial charge on any atom is -0.550 e. The van der Waals surface area contributed by atoms with Crippen molar-refractivity contribution in [2.45, 2.75) is 19.3 Å². The number of aliphatic carboxylic acids is 1. The molecule has 1 N–H and O–H groups in total. The summed E-state index contributed by atoms with van der Waals surface area (Å²) in [5.41, 5.74) is 0.592. The molecule has 1 amide bonds. The zero-order chi connectivity index (χ0) is 15.3. The standard InChI is InChI=1S/C16H17NO5/c18-15(13-8-1-2-9(5-8)14(13)16(19)20)17-10-3-4-11-12(6-10)22-7-21-11/h3-4,6,8-9,13-14H,1-2,5,7H2,(H,17,18)(H,19,20)/p-1/t8-,9+,13-,14+/m1/s1. The van der Waals surface area contributed by atoms with E-state index >= 15 is 0 Å². The number of anilines is 1. The third-order valence-corrected chi connectivity index (χ3v) is 5.13. The van der Waals surface area contributed by atoms with E-state index in [2.05, 4.69) is 5.32 Å². The smallest absolute Gasteiger partial charge is 0.231 e. The number of hydrogen-bond acceptors (Lipinski definition) is 5. The fourth-order valence-corrected chi connectivity index (χ4v) is 4.21. The molecule has 4 rings (SSSR count). The molecule has 1 aliphatic heterocycles. The van der Waals surface area contributed by atoms with Gasteiger partial charge in [-0.15, -0.1) is 0 Å². The first kappa shape index (κ1) is 13.4. The molecule has 1 aromatic carbocycles. The second-order valence-electron chi connectivity index (χ2n) is 6.26. The van der Waals surface area contributed by atoms with Crippen LogP contribution in [0.5, 0.6) is 11.5 Å². The van der Waals surface area contributed by atoms with Crippen LogP contribution in [0.4, 0.5) is 5.69 Å². The predicted octanol–water partition coefficient (Wildman–Crippen LogP) is 0.766. The van der Waals surface area contributed by atoms with Crippen LogP contribution < -0.4 is 19.9 Å². The van der Waals surface area contributed by atoms with Gasteiger partial charge in [-0.2, -0.15) is 0 Å². The minimum absolute atomic E-state index is 0.0857. The van der Waals surface area contributed by atoms with E-state index in [1.807, 2.05) is 0 Å². The van der Waals surface area contributed by atoms with Gasteiger partial charge in [-0.05, 0) is 43.2 Å². The number of carbonyl (C=O) groups excluding carboxylic acids is 2. The monoisotopic (exact) mass is 302 g/mol. The normalized spacial score (nSPS) is 31.3. The van der Waals surface area contributed by atoms with Gasteiger partial charge in [0.25, 0.3) is 0 Å². The van der Waals surface area contributed by atoms with Gasteiger partial charge in [0, 0.05) is 29.6 Å². The lowest BCUT2D eigenvalue weighted by Crippen LogP contribution is -2.43. The van der Waals surface area contributed by atoms with Crippen LogP contribution in [0, 0.1) is 23.7 Å². The van der Waals surface area contributed by atoms with Crippen LogP contribution in [-0.4, -0.2) is 18.7 Å². The molecule has 2 saturated carbocycles. The number of benzene rings is 1. The first-order chi connectivity index (χ1) is 10.6. The molecule has 1 aromatic rings. The first-order valence-corrected chi connectivity index (χ1v) is 7.55. The number of hydrogen-bond donors (Lipinski definition) is 1. The maximum absolute atomic E-state index is 12.5. The van der Waals surface area contributed by atoms with Crippen LogP contribution in [-0.2, 0) is 9.59 Å². The number of carboxylic acids is 1. The Labute approximate surface area is 127 Å². The van der Waals surface area contributed by atoms with E-state index in [-0.39, 0.29) is 24.5 Å². The van der Waals surface area contributed by atoms with Crippen molar-refractivity contribution in [1.82, 2.24) is 0 Å². The Bertz CT molecular complexity index is 643. The predicted molar refractivity (Wildman–Crippen MR) is 74.0 cm³/mol. The van der Waals surface area contributed by atoms with Crippen molar-refractivity contribution >= 4 is 17.6 Å². The average Bonchev–Trinajstić information content (AvgIpc) is 3.20. The van der Waals surface area contributed by atoms with Gasteiger partial charge in [-0.25, -0.2) is 0 Å². The van der Waals surface area contributed by atoms with Crippen LogP contribution >= 0.6 is 0 Å². The molecule has 0 spiro atoms. The molecular formula is C16H16NO5-. The molecule has 116 valence electrons. The van der Waals surface area contributed by atoms with E-state index < -0.39 is 17.8 Å². The Morgan fingerprint density at radius 3 is 2.59 bits per heavy atom. The molecule has 0 saturated heterocycles. The number of amides is 1. The molecule has 4 atom stereocenters. The van der Waals surface area contributed by atoms with Gasteiger partial charge in [0.05, 0.1) is 0 Å². The summed E-state index contributed by atoms with van der Waals surface area (Å²) in [7, 11) is 0. The van der Waals surface area contributed by atoms with Crippen molar-refractivity contribution in [2.75, 3.05) is 12.1 Å². The lowest BCUT2D eigenvalue weighted by atomic mass is 9.78. The number of nitrogens with one attached hydrogen (secondary N) is 1. The average molecular weight is 302 g/mol.